The van der Waals surface area contributed by atoms with E-state index in [1.54, 1.807) is 0 Å². The van der Waals surface area contributed by atoms with Crippen molar-refractivity contribution in [2.75, 3.05) is 12.9 Å². The molecular weight excluding hydrogens is 258 g/mol. The van der Waals surface area contributed by atoms with Gasteiger partial charge in [0, 0.05) is 5.75 Å². The summed E-state index contributed by atoms with van der Waals surface area (Å²) in [4.78, 5) is 25.7. The SMILES string of the molecule is COC(=O)CC1(CSc2nc(C(=O)O)co2)CC1. The maximum Gasteiger partial charge on any atom is 0.357 e. The molecule has 2 rings (SSSR count). The summed E-state index contributed by atoms with van der Waals surface area (Å²) >= 11 is 1.33. The Morgan fingerprint density at radius 3 is 2.83 bits per heavy atom. The summed E-state index contributed by atoms with van der Waals surface area (Å²) in [6, 6.07) is 0. The predicted octanol–water partition coefficient (Wildman–Crippen LogP) is 1.81. The zero-order chi connectivity index (χ0) is 13.2. The Balaban J connectivity index is 1.87. The number of oxazole rings is 1. The molecule has 0 aliphatic heterocycles. The normalized spacial score (nSPS) is 16.3. The van der Waals surface area contributed by atoms with Gasteiger partial charge in [-0.2, -0.15) is 4.98 Å². The molecule has 1 aliphatic carbocycles. The van der Waals surface area contributed by atoms with Crippen molar-refractivity contribution in [3.63, 3.8) is 0 Å². The third-order valence-corrected chi connectivity index (χ3v) is 4.10. The van der Waals surface area contributed by atoms with Crippen molar-refractivity contribution in [2.24, 2.45) is 5.41 Å². The summed E-state index contributed by atoms with van der Waals surface area (Å²) in [7, 11) is 1.37. The quantitative estimate of drug-likeness (QED) is 0.623. The first kappa shape index (κ1) is 12.9. The lowest BCUT2D eigenvalue weighted by atomic mass is 10.1. The Kier molecular flexibility index (Phi) is 3.60. The fourth-order valence-corrected chi connectivity index (χ4v) is 2.66. The molecule has 18 heavy (non-hydrogen) atoms. The Hall–Kier alpha value is -1.50. The summed E-state index contributed by atoms with van der Waals surface area (Å²) in [6.07, 6.45) is 3.46. The van der Waals surface area contributed by atoms with Gasteiger partial charge in [0.15, 0.2) is 5.69 Å². The van der Waals surface area contributed by atoms with Gasteiger partial charge in [-0.1, -0.05) is 11.8 Å². The van der Waals surface area contributed by atoms with Crippen molar-refractivity contribution in [3.8, 4) is 0 Å². The molecule has 1 fully saturated rings. The maximum atomic E-state index is 11.2. The molecule has 0 amide bonds. The van der Waals surface area contributed by atoms with Crippen LogP contribution in [0.25, 0.3) is 0 Å². The number of carbonyl (C=O) groups excluding carboxylic acids is 1. The molecule has 1 aromatic heterocycles. The highest BCUT2D eigenvalue weighted by atomic mass is 32.2. The standard InChI is InChI=1S/C11H13NO5S/c1-16-8(13)4-11(2-3-11)6-18-10-12-7(5-17-10)9(14)15/h5H,2-4,6H2,1H3,(H,14,15). The average Bonchev–Trinajstić information content (AvgIpc) is 2.92. The monoisotopic (exact) mass is 271 g/mol. The molecule has 1 saturated carbocycles. The summed E-state index contributed by atoms with van der Waals surface area (Å²) < 4.78 is 9.68. The fourth-order valence-electron chi connectivity index (χ4n) is 1.56. The molecule has 0 saturated heterocycles. The van der Waals surface area contributed by atoms with E-state index < -0.39 is 5.97 Å². The number of esters is 1. The van der Waals surface area contributed by atoms with Crippen LogP contribution >= 0.6 is 11.8 Å². The van der Waals surface area contributed by atoms with Crippen LogP contribution in [-0.4, -0.2) is 34.9 Å². The van der Waals surface area contributed by atoms with Gasteiger partial charge in [0.25, 0.3) is 5.22 Å². The smallest absolute Gasteiger partial charge is 0.357 e. The number of nitrogens with zero attached hydrogens (tertiary/aromatic N) is 1. The van der Waals surface area contributed by atoms with Crippen molar-refractivity contribution in [1.82, 2.24) is 4.98 Å². The molecule has 0 spiro atoms. The second-order valence-electron chi connectivity index (χ2n) is 4.35. The second kappa shape index (κ2) is 5.01. The van der Waals surface area contributed by atoms with Crippen LogP contribution < -0.4 is 0 Å². The summed E-state index contributed by atoms with van der Waals surface area (Å²) in [5.74, 6) is -0.644. The number of carboxylic acids is 1. The van der Waals surface area contributed by atoms with Gasteiger partial charge in [-0.3, -0.25) is 4.79 Å². The van der Waals surface area contributed by atoms with Crippen LogP contribution in [0, 0.1) is 5.41 Å². The molecule has 0 atom stereocenters. The first-order valence-electron chi connectivity index (χ1n) is 5.43. The molecule has 0 aromatic carbocycles. The van der Waals surface area contributed by atoms with Gasteiger partial charge in [-0.25, -0.2) is 4.79 Å². The van der Waals surface area contributed by atoms with Crippen LogP contribution in [0.15, 0.2) is 15.9 Å². The number of rotatable bonds is 6. The van der Waals surface area contributed by atoms with E-state index in [1.807, 2.05) is 0 Å². The minimum absolute atomic E-state index is 0.0321. The number of methoxy groups -OCH3 is 1. The maximum absolute atomic E-state index is 11.2. The van der Waals surface area contributed by atoms with Gasteiger partial charge in [-0.15, -0.1) is 0 Å². The molecule has 7 heteroatoms. The van der Waals surface area contributed by atoms with Crippen molar-refractivity contribution in [1.29, 1.82) is 0 Å². The first-order valence-corrected chi connectivity index (χ1v) is 6.42. The number of carboxylic acid groups (broad SMARTS) is 1. The number of hydrogen-bond donors (Lipinski definition) is 1. The van der Waals surface area contributed by atoms with Gasteiger partial charge >= 0.3 is 11.9 Å². The van der Waals surface area contributed by atoms with E-state index in [-0.39, 0.29) is 17.1 Å². The van der Waals surface area contributed by atoms with Gasteiger partial charge in [0.2, 0.25) is 0 Å². The highest BCUT2D eigenvalue weighted by molar-refractivity contribution is 7.99. The Morgan fingerprint density at radius 2 is 2.33 bits per heavy atom. The van der Waals surface area contributed by atoms with Crippen LogP contribution in [0.4, 0.5) is 0 Å². The van der Waals surface area contributed by atoms with Crippen molar-refractivity contribution < 1.29 is 23.8 Å². The third-order valence-electron chi connectivity index (χ3n) is 2.91. The summed E-state index contributed by atoms with van der Waals surface area (Å²) in [5.41, 5.74) is -0.134. The zero-order valence-electron chi connectivity index (χ0n) is 9.84. The minimum Gasteiger partial charge on any atom is -0.476 e. The average molecular weight is 271 g/mol. The Morgan fingerprint density at radius 1 is 1.61 bits per heavy atom. The van der Waals surface area contributed by atoms with Crippen LogP contribution in [0.3, 0.4) is 0 Å². The molecule has 1 aromatic rings. The van der Waals surface area contributed by atoms with Crippen LogP contribution in [0.1, 0.15) is 29.8 Å². The van der Waals surface area contributed by atoms with Gasteiger partial charge < -0.3 is 14.3 Å². The molecule has 0 radical (unpaired) electrons. The van der Waals surface area contributed by atoms with Gasteiger partial charge in [-0.05, 0) is 18.3 Å². The minimum atomic E-state index is -1.11. The second-order valence-corrected chi connectivity index (χ2v) is 5.27. The highest BCUT2D eigenvalue weighted by Gasteiger charge is 2.44. The molecule has 98 valence electrons. The Labute approximate surface area is 108 Å². The van der Waals surface area contributed by atoms with E-state index in [9.17, 15) is 9.59 Å². The summed E-state index contributed by atoms with van der Waals surface area (Å²) in [5, 5.41) is 9.02. The lowest BCUT2D eigenvalue weighted by Gasteiger charge is -2.11. The van der Waals surface area contributed by atoms with E-state index in [4.69, 9.17) is 9.52 Å². The zero-order valence-corrected chi connectivity index (χ0v) is 10.7. The van der Waals surface area contributed by atoms with Gasteiger partial charge in [0.1, 0.15) is 6.26 Å². The molecule has 6 nitrogen and oxygen atoms in total. The number of aromatic carboxylic acids is 1. The van der Waals surface area contributed by atoms with Gasteiger partial charge in [0.05, 0.1) is 13.5 Å². The lowest BCUT2D eigenvalue weighted by Crippen LogP contribution is -2.13. The van der Waals surface area contributed by atoms with E-state index in [1.165, 1.54) is 18.9 Å². The van der Waals surface area contributed by atoms with Crippen LogP contribution in [0.2, 0.25) is 0 Å². The largest absolute Gasteiger partial charge is 0.476 e. The number of thioether (sulfide) groups is 1. The molecule has 0 unspecified atom stereocenters. The van der Waals surface area contributed by atoms with E-state index >= 15 is 0 Å². The number of ether oxygens (including phenoxy) is 1. The first-order chi connectivity index (χ1) is 8.54. The molecule has 1 N–H and O–H groups in total. The van der Waals surface area contributed by atoms with Crippen LogP contribution in [0.5, 0.6) is 0 Å². The van der Waals surface area contributed by atoms with Crippen molar-refractivity contribution in [2.45, 2.75) is 24.5 Å². The fraction of sp³-hybridized carbons (Fsp3) is 0.545. The topological polar surface area (TPSA) is 89.6 Å². The molecule has 1 heterocycles. The van der Waals surface area contributed by atoms with Crippen molar-refractivity contribution in [3.05, 3.63) is 12.0 Å². The molecular formula is C11H13NO5S. The van der Waals surface area contributed by atoms with E-state index in [0.717, 1.165) is 19.1 Å². The lowest BCUT2D eigenvalue weighted by molar-refractivity contribution is -0.141. The van der Waals surface area contributed by atoms with E-state index in [2.05, 4.69) is 9.72 Å². The van der Waals surface area contributed by atoms with Crippen molar-refractivity contribution >= 4 is 23.7 Å². The highest BCUT2D eigenvalue weighted by Crippen LogP contribution is 2.52. The number of hydrogen-bond acceptors (Lipinski definition) is 6. The van der Waals surface area contributed by atoms with E-state index in [0.29, 0.717) is 17.4 Å². The predicted molar refractivity (Wildman–Crippen MR) is 62.5 cm³/mol. The number of aromatic nitrogens is 1. The number of carbonyl (C=O) groups is 2. The molecule has 1 aliphatic rings. The van der Waals surface area contributed by atoms with Crippen LogP contribution in [-0.2, 0) is 9.53 Å². The Bertz CT molecular complexity index is 466. The summed E-state index contributed by atoms with van der Waals surface area (Å²) in [6.45, 7) is 0. The third kappa shape index (κ3) is 3.04. The molecule has 0 bridgehead atoms.